The Morgan fingerprint density at radius 3 is 2.35 bits per heavy atom. The van der Waals surface area contributed by atoms with Crippen molar-refractivity contribution < 1.29 is 35.9 Å². The van der Waals surface area contributed by atoms with Gasteiger partial charge in [-0.15, -0.1) is 11.3 Å². The lowest BCUT2D eigenvalue weighted by atomic mass is 10.1. The van der Waals surface area contributed by atoms with Crippen molar-refractivity contribution in [2.75, 3.05) is 27.3 Å². The number of thiophene rings is 1. The summed E-state index contributed by atoms with van der Waals surface area (Å²) in [5.74, 6) is 0.665. The van der Waals surface area contributed by atoms with Crippen molar-refractivity contribution in [3.8, 4) is 11.5 Å². The van der Waals surface area contributed by atoms with Crippen LogP contribution in [0.3, 0.4) is 0 Å². The maximum absolute atomic E-state index is 13.6. The molecule has 3 aromatic rings. The van der Waals surface area contributed by atoms with Gasteiger partial charge in [0.1, 0.15) is 0 Å². The molecule has 0 aliphatic heterocycles. The SMILES string of the molecule is CCC(C)N(CC(=O)N(CCc1ccc(OC)c(OC)c1)Cc1cccs1)S(=O)(=O)c1cccc(C(F)(F)F)c1. The van der Waals surface area contributed by atoms with Crippen molar-refractivity contribution in [1.29, 1.82) is 0 Å². The molecule has 0 saturated carbocycles. The summed E-state index contributed by atoms with van der Waals surface area (Å²) in [6.45, 7) is 3.42. The first kappa shape index (κ1) is 31.4. The molecule has 7 nitrogen and oxygen atoms in total. The van der Waals surface area contributed by atoms with Crippen LogP contribution in [-0.2, 0) is 34.0 Å². The lowest BCUT2D eigenvalue weighted by molar-refractivity contribution is -0.137. The Morgan fingerprint density at radius 2 is 1.75 bits per heavy atom. The summed E-state index contributed by atoms with van der Waals surface area (Å²) in [5.41, 5.74) is -0.185. The third-order valence-electron chi connectivity index (χ3n) is 6.54. The molecule has 3 rings (SSSR count). The van der Waals surface area contributed by atoms with Crippen LogP contribution in [0, 0.1) is 0 Å². The molecule has 12 heteroatoms. The van der Waals surface area contributed by atoms with E-state index in [0.29, 0.717) is 30.4 Å². The molecule has 0 N–H and O–H groups in total. The van der Waals surface area contributed by atoms with Gasteiger partial charge in [0.05, 0.1) is 37.8 Å². The number of rotatable bonds is 13. The largest absolute Gasteiger partial charge is 0.493 e. The third-order valence-corrected chi connectivity index (χ3v) is 9.36. The van der Waals surface area contributed by atoms with Crippen LogP contribution in [-0.4, -0.2) is 56.9 Å². The minimum atomic E-state index is -4.70. The van der Waals surface area contributed by atoms with Gasteiger partial charge in [0, 0.05) is 17.5 Å². The van der Waals surface area contributed by atoms with Gasteiger partial charge in [-0.05, 0) is 67.1 Å². The quantitative estimate of drug-likeness (QED) is 0.247. The number of amides is 1. The number of alkyl halides is 3. The standard InChI is InChI=1S/C28H33F3N2O5S2/c1-5-20(2)33(40(35,36)24-10-6-8-22(17-24)28(29,30)31)19-27(34)32(18-23-9-7-15-39-23)14-13-21-11-12-25(37-3)26(16-21)38-4/h6-12,15-17,20H,5,13-14,18-19H2,1-4H3. The van der Waals surface area contributed by atoms with Gasteiger partial charge in [0.2, 0.25) is 15.9 Å². The Kier molecular flexibility index (Phi) is 10.6. The molecule has 0 spiro atoms. The van der Waals surface area contributed by atoms with Crippen molar-refractivity contribution in [1.82, 2.24) is 9.21 Å². The highest BCUT2D eigenvalue weighted by Crippen LogP contribution is 2.32. The number of carbonyl (C=O) groups is 1. The van der Waals surface area contributed by atoms with Gasteiger partial charge in [-0.1, -0.05) is 25.1 Å². The fourth-order valence-corrected chi connectivity index (χ4v) is 6.49. The summed E-state index contributed by atoms with van der Waals surface area (Å²) in [6, 6.07) is 12.2. The van der Waals surface area contributed by atoms with Gasteiger partial charge in [0.25, 0.3) is 0 Å². The highest BCUT2D eigenvalue weighted by molar-refractivity contribution is 7.89. The van der Waals surface area contributed by atoms with Crippen LogP contribution < -0.4 is 9.47 Å². The average molecular weight is 599 g/mol. The van der Waals surface area contributed by atoms with Crippen LogP contribution in [0.2, 0.25) is 0 Å². The van der Waals surface area contributed by atoms with Gasteiger partial charge in [-0.3, -0.25) is 4.79 Å². The van der Waals surface area contributed by atoms with E-state index in [1.807, 2.05) is 29.6 Å². The minimum Gasteiger partial charge on any atom is -0.493 e. The van der Waals surface area contributed by atoms with E-state index in [-0.39, 0.29) is 13.1 Å². The second-order valence-electron chi connectivity index (χ2n) is 9.17. The maximum atomic E-state index is 13.6. The number of sulfonamides is 1. The summed E-state index contributed by atoms with van der Waals surface area (Å²) in [5, 5.41) is 1.88. The number of hydrogen-bond acceptors (Lipinski definition) is 6. The second-order valence-corrected chi connectivity index (χ2v) is 12.1. The average Bonchev–Trinajstić information content (AvgIpc) is 3.46. The number of methoxy groups -OCH3 is 2. The van der Waals surface area contributed by atoms with E-state index in [2.05, 4.69) is 0 Å². The smallest absolute Gasteiger partial charge is 0.416 e. The van der Waals surface area contributed by atoms with Gasteiger partial charge in [0.15, 0.2) is 11.5 Å². The Bertz CT molecular complexity index is 1380. The Balaban J connectivity index is 1.89. The van der Waals surface area contributed by atoms with Crippen molar-refractivity contribution in [2.45, 2.75) is 50.3 Å². The monoisotopic (exact) mass is 598 g/mol. The van der Waals surface area contributed by atoms with E-state index in [0.717, 1.165) is 32.9 Å². The molecule has 40 heavy (non-hydrogen) atoms. The molecule has 1 aromatic heterocycles. The number of carbonyl (C=O) groups excluding carboxylic acids is 1. The van der Waals surface area contributed by atoms with Crippen LogP contribution in [0.15, 0.2) is 64.9 Å². The molecular weight excluding hydrogens is 565 g/mol. The number of ether oxygens (including phenoxy) is 2. The molecule has 0 radical (unpaired) electrons. The zero-order chi connectivity index (χ0) is 29.5. The van der Waals surface area contributed by atoms with Crippen molar-refractivity contribution in [3.05, 3.63) is 76.0 Å². The molecule has 1 unspecified atom stereocenters. The first-order valence-electron chi connectivity index (χ1n) is 12.6. The van der Waals surface area contributed by atoms with Crippen LogP contribution in [0.25, 0.3) is 0 Å². The molecule has 0 aliphatic rings. The molecule has 2 aromatic carbocycles. The lowest BCUT2D eigenvalue weighted by Crippen LogP contribution is -2.46. The van der Waals surface area contributed by atoms with Gasteiger partial charge in [-0.2, -0.15) is 17.5 Å². The Morgan fingerprint density at radius 1 is 1.02 bits per heavy atom. The second kappa shape index (κ2) is 13.5. The van der Waals surface area contributed by atoms with Crippen LogP contribution in [0.5, 0.6) is 11.5 Å². The molecule has 0 saturated heterocycles. The maximum Gasteiger partial charge on any atom is 0.416 e. The van der Waals surface area contributed by atoms with Gasteiger partial charge < -0.3 is 14.4 Å². The molecule has 1 amide bonds. The zero-order valence-corrected chi connectivity index (χ0v) is 24.4. The number of nitrogens with zero attached hydrogens (tertiary/aromatic N) is 2. The molecule has 1 heterocycles. The Labute approximate surface area is 237 Å². The molecule has 1 atom stereocenters. The van der Waals surface area contributed by atoms with E-state index in [1.54, 1.807) is 24.8 Å². The summed E-state index contributed by atoms with van der Waals surface area (Å²) in [7, 11) is -1.34. The fourth-order valence-electron chi connectivity index (χ4n) is 4.07. The number of halogens is 3. The predicted molar refractivity (Wildman–Crippen MR) is 148 cm³/mol. The molecule has 0 bridgehead atoms. The van der Waals surface area contributed by atoms with E-state index >= 15 is 0 Å². The molecule has 0 fully saturated rings. The lowest BCUT2D eigenvalue weighted by Gasteiger charge is -2.30. The van der Waals surface area contributed by atoms with Crippen molar-refractivity contribution >= 4 is 27.3 Å². The minimum absolute atomic E-state index is 0.266. The summed E-state index contributed by atoms with van der Waals surface area (Å²) in [4.78, 5) is 15.6. The van der Waals surface area contributed by atoms with E-state index in [1.165, 1.54) is 25.6 Å². The first-order chi connectivity index (χ1) is 18.9. The highest BCUT2D eigenvalue weighted by Gasteiger charge is 2.35. The summed E-state index contributed by atoms with van der Waals surface area (Å²) < 4.78 is 78.7. The van der Waals surface area contributed by atoms with Crippen molar-refractivity contribution in [3.63, 3.8) is 0 Å². The molecule has 0 aliphatic carbocycles. The summed E-state index contributed by atoms with van der Waals surface area (Å²) in [6.07, 6.45) is -3.88. The van der Waals surface area contributed by atoms with Crippen LogP contribution in [0.1, 0.15) is 36.3 Å². The summed E-state index contributed by atoms with van der Waals surface area (Å²) >= 11 is 1.47. The van der Waals surface area contributed by atoms with E-state index in [9.17, 15) is 26.4 Å². The van der Waals surface area contributed by atoms with Gasteiger partial charge in [-0.25, -0.2) is 8.42 Å². The fraction of sp³-hybridized carbons (Fsp3) is 0.393. The van der Waals surface area contributed by atoms with Crippen molar-refractivity contribution in [2.24, 2.45) is 0 Å². The van der Waals surface area contributed by atoms with Crippen LogP contribution in [0.4, 0.5) is 13.2 Å². The molecular formula is C28H33F3N2O5S2. The normalized spacial score (nSPS) is 12.8. The first-order valence-corrected chi connectivity index (χ1v) is 14.9. The number of hydrogen-bond donors (Lipinski definition) is 0. The van der Waals surface area contributed by atoms with Gasteiger partial charge >= 0.3 is 6.18 Å². The topological polar surface area (TPSA) is 76.2 Å². The van der Waals surface area contributed by atoms with E-state index < -0.39 is 45.2 Å². The van der Waals surface area contributed by atoms with Crippen LogP contribution >= 0.6 is 11.3 Å². The Hall–Kier alpha value is -3.09. The third kappa shape index (κ3) is 7.76. The number of benzene rings is 2. The molecule has 218 valence electrons. The van der Waals surface area contributed by atoms with E-state index in [4.69, 9.17) is 9.47 Å². The zero-order valence-electron chi connectivity index (χ0n) is 22.8. The highest BCUT2D eigenvalue weighted by atomic mass is 32.2. The predicted octanol–water partition coefficient (Wildman–Crippen LogP) is 5.84.